The molecule has 0 aliphatic heterocycles. The van der Waals surface area contributed by atoms with Crippen LogP contribution in [0, 0.1) is 0 Å². The second-order valence-electron chi connectivity index (χ2n) is 15.0. The third-order valence-electron chi connectivity index (χ3n) is 8.01. The molecular formula is C40H53N3O7. The van der Waals surface area contributed by atoms with E-state index in [-0.39, 0.29) is 18.6 Å². The molecule has 270 valence electrons. The van der Waals surface area contributed by atoms with Crippen LogP contribution in [0.4, 0.5) is 4.79 Å². The number of hydrogen-bond acceptors (Lipinski definition) is 7. The van der Waals surface area contributed by atoms with Crippen molar-refractivity contribution in [2.75, 3.05) is 0 Å². The van der Waals surface area contributed by atoms with Crippen LogP contribution in [0.5, 0.6) is 5.75 Å². The van der Waals surface area contributed by atoms with E-state index < -0.39 is 58.7 Å². The van der Waals surface area contributed by atoms with Crippen molar-refractivity contribution in [2.45, 2.75) is 116 Å². The summed E-state index contributed by atoms with van der Waals surface area (Å²) < 4.78 is 11.3. The van der Waals surface area contributed by atoms with Crippen LogP contribution in [0.2, 0.25) is 0 Å². The van der Waals surface area contributed by atoms with Crippen LogP contribution in [0.1, 0.15) is 91.5 Å². The summed E-state index contributed by atoms with van der Waals surface area (Å²) in [4.78, 5) is 57.9. The second-order valence-corrected chi connectivity index (χ2v) is 15.0. The predicted molar refractivity (Wildman–Crippen MR) is 193 cm³/mol. The standard InChI is InChI=1S/C40H53N3O7/c1-10-40(8,9)43(35(46)31(24-27-18-13-11-14-19-27)42-37(48)50-39(5,6)7)33(29-22-17-23-30(44)26-29)34(45)41-32(36(47)49-38(2,3)4)25-28-20-15-12-16-21-28/h11-23,26,31-33,44H,10,24-25H2,1-9H3,(H,41,45)(H,42,48). The van der Waals surface area contributed by atoms with E-state index in [0.29, 0.717) is 12.0 Å². The van der Waals surface area contributed by atoms with Gasteiger partial charge in [-0.3, -0.25) is 9.59 Å². The number of hydrogen-bond donors (Lipinski definition) is 3. The lowest BCUT2D eigenvalue weighted by molar-refractivity contribution is -0.159. The Hall–Kier alpha value is -4.86. The quantitative estimate of drug-likeness (QED) is 0.171. The van der Waals surface area contributed by atoms with Crippen molar-refractivity contribution in [1.29, 1.82) is 0 Å². The summed E-state index contributed by atoms with van der Waals surface area (Å²) in [5, 5.41) is 16.2. The van der Waals surface area contributed by atoms with Gasteiger partial charge < -0.3 is 30.1 Å². The minimum atomic E-state index is -1.33. The number of ether oxygens (including phenoxy) is 2. The first-order chi connectivity index (χ1) is 23.3. The number of nitrogens with one attached hydrogen (secondary N) is 2. The van der Waals surface area contributed by atoms with Crippen molar-refractivity contribution in [3.05, 3.63) is 102 Å². The Kier molecular flexibility index (Phi) is 13.2. The molecule has 10 nitrogen and oxygen atoms in total. The SMILES string of the molecule is CCC(C)(C)N(C(=O)C(Cc1ccccc1)NC(=O)OC(C)(C)C)C(C(=O)NC(Cc1ccccc1)C(=O)OC(C)(C)C)c1cccc(O)c1. The van der Waals surface area contributed by atoms with E-state index in [1.807, 2.05) is 81.4 Å². The van der Waals surface area contributed by atoms with Gasteiger partial charge in [-0.25, -0.2) is 9.59 Å². The molecule has 0 saturated heterocycles. The molecule has 0 aromatic heterocycles. The number of benzene rings is 3. The predicted octanol–water partition coefficient (Wildman–Crippen LogP) is 6.66. The van der Waals surface area contributed by atoms with Gasteiger partial charge in [0.05, 0.1) is 0 Å². The Bertz CT molecular complexity index is 1590. The van der Waals surface area contributed by atoms with Gasteiger partial charge in [-0.15, -0.1) is 0 Å². The second kappa shape index (κ2) is 16.7. The van der Waals surface area contributed by atoms with Gasteiger partial charge in [0.25, 0.3) is 0 Å². The average Bonchev–Trinajstić information content (AvgIpc) is 3.01. The van der Waals surface area contributed by atoms with Gasteiger partial charge in [0.2, 0.25) is 11.8 Å². The van der Waals surface area contributed by atoms with Crippen LogP contribution >= 0.6 is 0 Å². The Morgan fingerprint density at radius 1 is 0.700 bits per heavy atom. The molecule has 3 unspecified atom stereocenters. The Morgan fingerprint density at radius 3 is 1.70 bits per heavy atom. The summed E-state index contributed by atoms with van der Waals surface area (Å²) in [5.74, 6) is -1.95. The molecule has 10 heteroatoms. The first kappa shape index (κ1) is 39.6. The zero-order valence-electron chi connectivity index (χ0n) is 30.8. The van der Waals surface area contributed by atoms with Gasteiger partial charge in [-0.2, -0.15) is 0 Å². The fourth-order valence-corrected chi connectivity index (χ4v) is 5.39. The molecule has 0 radical (unpaired) electrons. The normalized spacial score (nSPS) is 13.7. The van der Waals surface area contributed by atoms with Gasteiger partial charge in [-0.05, 0) is 90.6 Å². The molecule has 3 aromatic carbocycles. The fraction of sp³-hybridized carbons (Fsp3) is 0.450. The van der Waals surface area contributed by atoms with Crippen LogP contribution in [-0.2, 0) is 36.7 Å². The molecule has 0 bridgehead atoms. The molecule has 0 saturated carbocycles. The Balaban J connectivity index is 2.17. The van der Waals surface area contributed by atoms with E-state index in [2.05, 4.69) is 10.6 Å². The zero-order chi connectivity index (χ0) is 37.3. The topological polar surface area (TPSA) is 134 Å². The number of carbonyl (C=O) groups excluding carboxylic acids is 4. The van der Waals surface area contributed by atoms with Crippen molar-refractivity contribution < 1.29 is 33.8 Å². The maximum atomic E-state index is 15.0. The van der Waals surface area contributed by atoms with Crippen molar-refractivity contribution >= 4 is 23.9 Å². The molecule has 0 aliphatic carbocycles. The Labute approximate surface area is 296 Å². The van der Waals surface area contributed by atoms with Crippen molar-refractivity contribution in [2.24, 2.45) is 0 Å². The van der Waals surface area contributed by atoms with E-state index in [9.17, 15) is 24.3 Å². The monoisotopic (exact) mass is 687 g/mol. The number of carbonyl (C=O) groups is 4. The molecule has 3 atom stereocenters. The highest BCUT2D eigenvalue weighted by atomic mass is 16.6. The van der Waals surface area contributed by atoms with Gasteiger partial charge in [0.1, 0.15) is 35.1 Å². The number of esters is 1. The number of phenolic OH excluding ortho intramolecular Hbond substituents is 1. The molecule has 3 amide bonds. The van der Waals surface area contributed by atoms with Crippen molar-refractivity contribution in [1.82, 2.24) is 15.5 Å². The molecule has 0 fully saturated rings. The molecule has 50 heavy (non-hydrogen) atoms. The van der Waals surface area contributed by atoms with Gasteiger partial charge in [-0.1, -0.05) is 79.7 Å². The third-order valence-corrected chi connectivity index (χ3v) is 8.01. The Morgan fingerprint density at radius 2 is 1.22 bits per heavy atom. The van der Waals surface area contributed by atoms with Crippen molar-refractivity contribution in [3.8, 4) is 5.75 Å². The number of nitrogens with zero attached hydrogens (tertiary/aromatic N) is 1. The smallest absolute Gasteiger partial charge is 0.408 e. The van der Waals surface area contributed by atoms with Crippen LogP contribution in [-0.4, -0.2) is 62.7 Å². The molecule has 0 heterocycles. The van der Waals surface area contributed by atoms with Crippen LogP contribution in [0.3, 0.4) is 0 Å². The number of amides is 3. The number of phenols is 1. The van der Waals surface area contributed by atoms with Gasteiger partial charge in [0.15, 0.2) is 0 Å². The molecule has 3 rings (SSSR count). The van der Waals surface area contributed by atoms with Gasteiger partial charge >= 0.3 is 12.1 Å². The zero-order valence-corrected chi connectivity index (χ0v) is 30.8. The summed E-state index contributed by atoms with van der Waals surface area (Å²) in [6.45, 7) is 16.0. The lowest BCUT2D eigenvalue weighted by Crippen LogP contribution is -2.60. The summed E-state index contributed by atoms with van der Waals surface area (Å²) in [5.41, 5.74) is -0.727. The molecule has 0 aliphatic rings. The highest BCUT2D eigenvalue weighted by molar-refractivity contribution is 5.94. The minimum Gasteiger partial charge on any atom is -0.508 e. The third kappa shape index (κ3) is 11.9. The van der Waals surface area contributed by atoms with E-state index in [1.54, 1.807) is 53.7 Å². The largest absolute Gasteiger partial charge is 0.508 e. The maximum absolute atomic E-state index is 15.0. The van der Waals surface area contributed by atoms with Crippen LogP contribution < -0.4 is 10.6 Å². The lowest BCUT2D eigenvalue weighted by atomic mass is 9.90. The van der Waals surface area contributed by atoms with E-state index in [1.165, 1.54) is 17.0 Å². The molecular weight excluding hydrogens is 634 g/mol. The van der Waals surface area contributed by atoms with E-state index >= 15 is 0 Å². The molecule has 0 spiro atoms. The summed E-state index contributed by atoms with van der Waals surface area (Å²) in [7, 11) is 0. The summed E-state index contributed by atoms with van der Waals surface area (Å²) in [6.07, 6.45) is -0.119. The summed E-state index contributed by atoms with van der Waals surface area (Å²) in [6, 6.07) is 21.0. The highest BCUT2D eigenvalue weighted by Crippen LogP contribution is 2.34. The molecule has 3 aromatic rings. The maximum Gasteiger partial charge on any atom is 0.408 e. The van der Waals surface area contributed by atoms with Crippen LogP contribution in [0.15, 0.2) is 84.9 Å². The highest BCUT2D eigenvalue weighted by Gasteiger charge is 2.44. The number of alkyl carbamates (subject to hydrolysis) is 1. The van der Waals surface area contributed by atoms with E-state index in [4.69, 9.17) is 9.47 Å². The van der Waals surface area contributed by atoms with E-state index in [0.717, 1.165) is 11.1 Å². The average molecular weight is 688 g/mol. The molecule has 3 N–H and O–H groups in total. The van der Waals surface area contributed by atoms with Crippen molar-refractivity contribution in [3.63, 3.8) is 0 Å². The van der Waals surface area contributed by atoms with Gasteiger partial charge in [0, 0.05) is 18.4 Å². The number of aromatic hydroxyl groups is 1. The van der Waals surface area contributed by atoms with Crippen LogP contribution in [0.25, 0.3) is 0 Å². The minimum absolute atomic E-state index is 0.109. The fourth-order valence-electron chi connectivity index (χ4n) is 5.39. The lowest BCUT2D eigenvalue weighted by Gasteiger charge is -2.45. The first-order valence-corrected chi connectivity index (χ1v) is 17.0. The number of rotatable bonds is 13. The first-order valence-electron chi connectivity index (χ1n) is 17.0. The summed E-state index contributed by atoms with van der Waals surface area (Å²) >= 11 is 0.